The first-order valence-corrected chi connectivity index (χ1v) is 7.32. The molecule has 0 saturated heterocycles. The summed E-state index contributed by atoms with van der Waals surface area (Å²) in [5.74, 6) is -0.233. The summed E-state index contributed by atoms with van der Waals surface area (Å²) in [5, 5.41) is 0. The number of amides is 1. The maximum atomic E-state index is 13.7. The molecule has 1 aromatic rings. The standard InChI is InChI=1S/C15H21ClFNO2/c1-4-12(5-2)18(9-8-16)15(19)11-6-7-14(20-3)13(17)10-11/h6-7,10,12H,4-5,8-9H2,1-3H3. The third kappa shape index (κ3) is 3.85. The number of ether oxygens (including phenoxy) is 1. The maximum absolute atomic E-state index is 13.7. The highest BCUT2D eigenvalue weighted by atomic mass is 35.5. The van der Waals surface area contributed by atoms with E-state index in [1.165, 1.54) is 19.2 Å². The van der Waals surface area contributed by atoms with Crippen LogP contribution in [-0.4, -0.2) is 36.4 Å². The zero-order valence-corrected chi connectivity index (χ0v) is 12.9. The number of alkyl halides is 1. The molecule has 0 aliphatic carbocycles. The molecule has 0 aliphatic rings. The van der Waals surface area contributed by atoms with E-state index in [1.807, 2.05) is 13.8 Å². The van der Waals surface area contributed by atoms with Crippen LogP contribution in [0.1, 0.15) is 37.0 Å². The lowest BCUT2D eigenvalue weighted by atomic mass is 10.1. The van der Waals surface area contributed by atoms with E-state index in [-0.39, 0.29) is 17.7 Å². The number of benzene rings is 1. The molecule has 1 amide bonds. The van der Waals surface area contributed by atoms with Crippen molar-refractivity contribution in [3.8, 4) is 5.75 Å². The zero-order chi connectivity index (χ0) is 15.1. The van der Waals surface area contributed by atoms with E-state index < -0.39 is 5.82 Å². The lowest BCUT2D eigenvalue weighted by Gasteiger charge is -2.30. The Morgan fingerprint density at radius 1 is 1.40 bits per heavy atom. The first kappa shape index (κ1) is 16.8. The van der Waals surface area contributed by atoms with Crippen molar-refractivity contribution in [1.29, 1.82) is 0 Å². The van der Waals surface area contributed by atoms with Gasteiger partial charge in [0.15, 0.2) is 11.6 Å². The molecule has 0 unspecified atom stereocenters. The number of rotatable bonds is 7. The Hall–Kier alpha value is -1.29. The normalized spacial score (nSPS) is 10.7. The van der Waals surface area contributed by atoms with Crippen molar-refractivity contribution in [2.45, 2.75) is 32.7 Å². The van der Waals surface area contributed by atoms with E-state index in [0.29, 0.717) is 18.0 Å². The number of carbonyl (C=O) groups is 1. The summed E-state index contributed by atoms with van der Waals surface area (Å²) < 4.78 is 18.6. The predicted molar refractivity (Wildman–Crippen MR) is 79.1 cm³/mol. The first-order valence-electron chi connectivity index (χ1n) is 6.79. The molecule has 0 fully saturated rings. The second kappa shape index (κ2) is 8.10. The van der Waals surface area contributed by atoms with Crippen molar-refractivity contribution in [1.82, 2.24) is 4.90 Å². The van der Waals surface area contributed by atoms with Gasteiger partial charge in [0.05, 0.1) is 7.11 Å². The van der Waals surface area contributed by atoms with Gasteiger partial charge in [-0.3, -0.25) is 4.79 Å². The van der Waals surface area contributed by atoms with Crippen LogP contribution in [0.25, 0.3) is 0 Å². The van der Waals surface area contributed by atoms with Gasteiger partial charge < -0.3 is 9.64 Å². The molecule has 20 heavy (non-hydrogen) atoms. The number of nitrogens with zero attached hydrogens (tertiary/aromatic N) is 1. The van der Waals surface area contributed by atoms with E-state index in [9.17, 15) is 9.18 Å². The van der Waals surface area contributed by atoms with Gasteiger partial charge in [-0.1, -0.05) is 13.8 Å². The highest BCUT2D eigenvalue weighted by Gasteiger charge is 2.22. The van der Waals surface area contributed by atoms with Gasteiger partial charge in [-0.05, 0) is 31.0 Å². The number of hydrogen-bond donors (Lipinski definition) is 0. The molecule has 0 spiro atoms. The highest BCUT2D eigenvalue weighted by molar-refractivity contribution is 6.18. The number of methoxy groups -OCH3 is 1. The van der Waals surface area contributed by atoms with Gasteiger partial charge in [0, 0.05) is 24.0 Å². The average molecular weight is 302 g/mol. The van der Waals surface area contributed by atoms with Crippen LogP contribution in [-0.2, 0) is 0 Å². The smallest absolute Gasteiger partial charge is 0.254 e. The van der Waals surface area contributed by atoms with Gasteiger partial charge in [-0.25, -0.2) is 4.39 Å². The molecule has 1 rings (SSSR count). The van der Waals surface area contributed by atoms with Crippen LogP contribution in [0, 0.1) is 5.82 Å². The molecule has 0 radical (unpaired) electrons. The number of hydrogen-bond acceptors (Lipinski definition) is 2. The first-order chi connectivity index (χ1) is 9.58. The van der Waals surface area contributed by atoms with Crippen LogP contribution < -0.4 is 4.74 Å². The fourth-order valence-electron chi connectivity index (χ4n) is 2.24. The largest absolute Gasteiger partial charge is 0.494 e. The lowest BCUT2D eigenvalue weighted by molar-refractivity contribution is 0.0681. The Kier molecular flexibility index (Phi) is 6.79. The van der Waals surface area contributed by atoms with Crippen LogP contribution in [0.3, 0.4) is 0 Å². The minimum atomic E-state index is -0.534. The molecule has 0 aromatic heterocycles. The molecule has 0 N–H and O–H groups in total. The molecular weight excluding hydrogens is 281 g/mol. The Balaban J connectivity index is 3.02. The van der Waals surface area contributed by atoms with Gasteiger partial charge >= 0.3 is 0 Å². The van der Waals surface area contributed by atoms with Gasteiger partial charge in [-0.15, -0.1) is 11.6 Å². The van der Waals surface area contributed by atoms with Gasteiger partial charge in [0.1, 0.15) is 0 Å². The monoisotopic (exact) mass is 301 g/mol. The van der Waals surface area contributed by atoms with Gasteiger partial charge in [0.2, 0.25) is 0 Å². The van der Waals surface area contributed by atoms with Gasteiger partial charge in [-0.2, -0.15) is 0 Å². The molecule has 112 valence electrons. The minimum absolute atomic E-state index is 0.117. The quantitative estimate of drug-likeness (QED) is 0.719. The SMILES string of the molecule is CCC(CC)N(CCCl)C(=O)c1ccc(OC)c(F)c1. The third-order valence-electron chi connectivity index (χ3n) is 3.37. The Bertz CT molecular complexity index is 449. The fourth-order valence-corrected chi connectivity index (χ4v) is 2.42. The third-order valence-corrected chi connectivity index (χ3v) is 3.54. The molecule has 1 aromatic carbocycles. The van der Waals surface area contributed by atoms with Crippen molar-refractivity contribution in [2.75, 3.05) is 19.5 Å². The summed E-state index contributed by atoms with van der Waals surface area (Å²) >= 11 is 5.78. The Morgan fingerprint density at radius 3 is 2.50 bits per heavy atom. The predicted octanol–water partition coefficient (Wildman–Crippen LogP) is 3.70. The highest BCUT2D eigenvalue weighted by Crippen LogP contribution is 2.20. The van der Waals surface area contributed by atoms with Crippen molar-refractivity contribution in [3.05, 3.63) is 29.6 Å². The van der Waals surface area contributed by atoms with E-state index in [0.717, 1.165) is 12.8 Å². The summed E-state index contributed by atoms with van der Waals surface area (Å²) in [6, 6.07) is 4.37. The average Bonchev–Trinajstić information content (AvgIpc) is 2.46. The van der Waals surface area contributed by atoms with Crippen molar-refractivity contribution >= 4 is 17.5 Å². The number of carbonyl (C=O) groups excluding carboxylic acids is 1. The van der Waals surface area contributed by atoms with Crippen LogP contribution >= 0.6 is 11.6 Å². The van der Waals surface area contributed by atoms with Crippen LogP contribution in [0.5, 0.6) is 5.75 Å². The van der Waals surface area contributed by atoms with Crippen molar-refractivity contribution < 1.29 is 13.9 Å². The second-order valence-corrected chi connectivity index (χ2v) is 4.89. The number of halogens is 2. The van der Waals surface area contributed by atoms with Crippen LogP contribution in [0.15, 0.2) is 18.2 Å². The maximum Gasteiger partial charge on any atom is 0.254 e. The summed E-state index contributed by atoms with van der Waals surface area (Å²) in [7, 11) is 1.39. The topological polar surface area (TPSA) is 29.5 Å². The summed E-state index contributed by atoms with van der Waals surface area (Å²) in [5.41, 5.74) is 0.320. The summed E-state index contributed by atoms with van der Waals surface area (Å²) in [6.07, 6.45) is 1.69. The lowest BCUT2D eigenvalue weighted by Crippen LogP contribution is -2.41. The molecule has 0 heterocycles. The van der Waals surface area contributed by atoms with Crippen LogP contribution in [0.2, 0.25) is 0 Å². The molecule has 0 bridgehead atoms. The van der Waals surface area contributed by atoms with E-state index in [2.05, 4.69) is 0 Å². The second-order valence-electron chi connectivity index (χ2n) is 4.51. The molecule has 5 heteroatoms. The summed E-state index contributed by atoms with van der Waals surface area (Å²) in [6.45, 7) is 4.51. The molecular formula is C15H21ClFNO2. The van der Waals surface area contributed by atoms with E-state index in [1.54, 1.807) is 11.0 Å². The van der Waals surface area contributed by atoms with E-state index in [4.69, 9.17) is 16.3 Å². The minimum Gasteiger partial charge on any atom is -0.494 e. The van der Waals surface area contributed by atoms with E-state index >= 15 is 0 Å². The Labute approximate surface area is 124 Å². The Morgan fingerprint density at radius 2 is 2.05 bits per heavy atom. The molecule has 0 aliphatic heterocycles. The van der Waals surface area contributed by atoms with Gasteiger partial charge in [0.25, 0.3) is 5.91 Å². The molecule has 3 nitrogen and oxygen atoms in total. The summed E-state index contributed by atoms with van der Waals surface area (Å²) in [4.78, 5) is 14.2. The van der Waals surface area contributed by atoms with Crippen molar-refractivity contribution in [3.63, 3.8) is 0 Å². The molecule has 0 atom stereocenters. The fraction of sp³-hybridized carbons (Fsp3) is 0.533. The van der Waals surface area contributed by atoms with Crippen molar-refractivity contribution in [2.24, 2.45) is 0 Å². The zero-order valence-electron chi connectivity index (χ0n) is 12.2. The molecule has 0 saturated carbocycles. The van der Waals surface area contributed by atoms with Crippen LogP contribution in [0.4, 0.5) is 4.39 Å².